The normalized spacial score (nSPS) is 16.0. The number of nitrogens with zero attached hydrogens (tertiary/aromatic N) is 3. The molecule has 1 aromatic rings. The van der Waals surface area contributed by atoms with E-state index in [4.69, 9.17) is 21.1 Å². The molecule has 2 rings (SSSR count). The highest BCUT2D eigenvalue weighted by Crippen LogP contribution is 2.22. The predicted molar refractivity (Wildman–Crippen MR) is 93.7 cm³/mol. The van der Waals surface area contributed by atoms with Crippen molar-refractivity contribution in [2.45, 2.75) is 52.7 Å². The lowest BCUT2D eigenvalue weighted by atomic mass is 9.97. The van der Waals surface area contributed by atoms with E-state index in [1.807, 2.05) is 20.8 Å². The number of aromatic nitrogens is 2. The number of hydrogen-bond acceptors (Lipinski definition) is 5. The fraction of sp³-hybridized carbons (Fsp3) is 0.706. The van der Waals surface area contributed by atoms with Gasteiger partial charge in [0.05, 0.1) is 6.61 Å². The molecule has 8 heteroatoms. The molecule has 7 nitrogen and oxygen atoms in total. The van der Waals surface area contributed by atoms with Gasteiger partial charge in [-0.25, -0.2) is 9.59 Å². The summed E-state index contributed by atoms with van der Waals surface area (Å²) in [7, 11) is 0. The second kappa shape index (κ2) is 8.08. The summed E-state index contributed by atoms with van der Waals surface area (Å²) in [6, 6.07) is 1.52. The van der Waals surface area contributed by atoms with Crippen LogP contribution in [0, 0.1) is 5.92 Å². The smallest absolute Gasteiger partial charge is 0.410 e. The number of piperidine rings is 1. The highest BCUT2D eigenvalue weighted by Gasteiger charge is 2.28. The van der Waals surface area contributed by atoms with Crippen molar-refractivity contribution in [3.8, 4) is 0 Å². The van der Waals surface area contributed by atoms with Crippen LogP contribution < -0.4 is 0 Å². The Labute approximate surface area is 153 Å². The monoisotopic (exact) mass is 371 g/mol. The third-order valence-electron chi connectivity index (χ3n) is 3.93. The van der Waals surface area contributed by atoms with Gasteiger partial charge in [0, 0.05) is 25.7 Å². The number of esters is 1. The summed E-state index contributed by atoms with van der Waals surface area (Å²) in [5.74, 6) is -0.115. The van der Waals surface area contributed by atoms with Crippen LogP contribution in [0.5, 0.6) is 0 Å². The molecule has 0 bridgehead atoms. The highest BCUT2D eigenvalue weighted by atomic mass is 35.5. The van der Waals surface area contributed by atoms with Crippen LogP contribution in [0.3, 0.4) is 0 Å². The van der Waals surface area contributed by atoms with Gasteiger partial charge < -0.3 is 14.4 Å². The Balaban J connectivity index is 1.92. The van der Waals surface area contributed by atoms with Gasteiger partial charge in [-0.1, -0.05) is 11.6 Å². The SMILES string of the molecule is CCOC(=O)c1cc(Cl)nn1CC1CCN(C(=O)OC(C)(C)C)CC1. The number of carbonyl (C=O) groups excluding carboxylic acids is 2. The Morgan fingerprint density at radius 1 is 1.32 bits per heavy atom. The molecule has 0 aliphatic carbocycles. The zero-order valence-electron chi connectivity index (χ0n) is 15.2. The number of rotatable bonds is 4. The lowest BCUT2D eigenvalue weighted by Gasteiger charge is -2.33. The Kier molecular flexibility index (Phi) is 6.32. The molecule has 0 aromatic carbocycles. The van der Waals surface area contributed by atoms with Gasteiger partial charge in [0.25, 0.3) is 0 Å². The summed E-state index contributed by atoms with van der Waals surface area (Å²) in [6.07, 6.45) is 1.36. The zero-order valence-corrected chi connectivity index (χ0v) is 16.0. The molecule has 25 heavy (non-hydrogen) atoms. The Morgan fingerprint density at radius 2 is 1.96 bits per heavy atom. The highest BCUT2D eigenvalue weighted by molar-refractivity contribution is 6.29. The van der Waals surface area contributed by atoms with E-state index >= 15 is 0 Å². The number of halogens is 1. The molecular formula is C17H26ClN3O4. The standard InChI is InChI=1S/C17H26ClN3O4/c1-5-24-15(22)13-10-14(18)19-21(13)11-12-6-8-20(9-7-12)16(23)25-17(2,3)4/h10,12H,5-9,11H2,1-4H3. The van der Waals surface area contributed by atoms with Crippen LogP contribution in [0.25, 0.3) is 0 Å². The summed E-state index contributed by atoms with van der Waals surface area (Å²) >= 11 is 5.94. The van der Waals surface area contributed by atoms with Crippen molar-refractivity contribution < 1.29 is 19.1 Å². The number of carbonyl (C=O) groups is 2. The Bertz CT molecular complexity index is 616. The molecule has 0 spiro atoms. The van der Waals surface area contributed by atoms with E-state index < -0.39 is 11.6 Å². The Morgan fingerprint density at radius 3 is 2.52 bits per heavy atom. The minimum Gasteiger partial charge on any atom is -0.461 e. The first-order valence-corrected chi connectivity index (χ1v) is 8.95. The summed E-state index contributed by atoms with van der Waals surface area (Å²) in [5.41, 5.74) is -0.129. The van der Waals surface area contributed by atoms with Gasteiger partial charge in [-0.15, -0.1) is 0 Å². The lowest BCUT2D eigenvalue weighted by Crippen LogP contribution is -2.42. The summed E-state index contributed by atoms with van der Waals surface area (Å²) in [6.45, 7) is 9.46. The van der Waals surface area contributed by atoms with Gasteiger partial charge in [0.2, 0.25) is 0 Å². The number of hydrogen-bond donors (Lipinski definition) is 0. The minimum atomic E-state index is -0.492. The summed E-state index contributed by atoms with van der Waals surface area (Å²) < 4.78 is 12.0. The zero-order chi connectivity index (χ0) is 18.6. The average molecular weight is 372 g/mol. The van der Waals surface area contributed by atoms with Crippen LogP contribution in [0.1, 0.15) is 51.0 Å². The molecular weight excluding hydrogens is 346 g/mol. The molecule has 1 aliphatic heterocycles. The van der Waals surface area contributed by atoms with E-state index in [0.29, 0.717) is 37.9 Å². The average Bonchev–Trinajstić information content (AvgIpc) is 2.87. The number of likely N-dealkylation sites (tertiary alicyclic amines) is 1. The molecule has 2 heterocycles. The van der Waals surface area contributed by atoms with Crippen LogP contribution >= 0.6 is 11.6 Å². The maximum Gasteiger partial charge on any atom is 0.410 e. The third-order valence-corrected chi connectivity index (χ3v) is 4.12. The molecule has 0 N–H and O–H groups in total. The van der Waals surface area contributed by atoms with Gasteiger partial charge in [-0.3, -0.25) is 4.68 Å². The van der Waals surface area contributed by atoms with Crippen molar-refractivity contribution in [3.05, 3.63) is 16.9 Å². The third kappa shape index (κ3) is 5.63. The van der Waals surface area contributed by atoms with Crippen LogP contribution in [-0.4, -0.2) is 52.0 Å². The first-order valence-electron chi connectivity index (χ1n) is 8.58. The van der Waals surface area contributed by atoms with Crippen molar-refractivity contribution in [3.63, 3.8) is 0 Å². The first kappa shape index (κ1) is 19.6. The van der Waals surface area contributed by atoms with Crippen LogP contribution in [0.4, 0.5) is 4.79 Å². The lowest BCUT2D eigenvalue weighted by molar-refractivity contribution is 0.0177. The van der Waals surface area contributed by atoms with Crippen molar-refractivity contribution >= 4 is 23.7 Å². The predicted octanol–water partition coefficient (Wildman–Crippen LogP) is 3.36. The molecule has 140 valence electrons. The maximum absolute atomic E-state index is 12.1. The van der Waals surface area contributed by atoms with Crippen LogP contribution in [-0.2, 0) is 16.0 Å². The van der Waals surface area contributed by atoms with E-state index in [2.05, 4.69) is 5.10 Å². The Hall–Kier alpha value is -1.76. The summed E-state index contributed by atoms with van der Waals surface area (Å²) in [5, 5.41) is 4.46. The second-order valence-corrected chi connectivity index (χ2v) is 7.55. The van der Waals surface area contributed by atoms with E-state index in [9.17, 15) is 9.59 Å². The van der Waals surface area contributed by atoms with Crippen LogP contribution in [0.2, 0.25) is 5.15 Å². The van der Waals surface area contributed by atoms with Crippen molar-refractivity contribution in [1.29, 1.82) is 0 Å². The fourth-order valence-corrected chi connectivity index (χ4v) is 2.96. The van der Waals surface area contributed by atoms with E-state index in [1.165, 1.54) is 6.07 Å². The first-order chi connectivity index (χ1) is 11.7. The quantitative estimate of drug-likeness (QED) is 0.759. The number of ether oxygens (including phenoxy) is 2. The van der Waals surface area contributed by atoms with E-state index in [-0.39, 0.29) is 11.2 Å². The maximum atomic E-state index is 12.1. The van der Waals surface area contributed by atoms with Gasteiger partial charge in [0.1, 0.15) is 11.3 Å². The molecule has 1 aromatic heterocycles. The topological polar surface area (TPSA) is 73.7 Å². The van der Waals surface area contributed by atoms with Crippen LogP contribution in [0.15, 0.2) is 6.07 Å². The van der Waals surface area contributed by atoms with Crippen molar-refractivity contribution in [2.75, 3.05) is 19.7 Å². The van der Waals surface area contributed by atoms with E-state index in [1.54, 1.807) is 16.5 Å². The molecule has 0 unspecified atom stereocenters. The van der Waals surface area contributed by atoms with Crippen molar-refractivity contribution in [1.82, 2.24) is 14.7 Å². The second-order valence-electron chi connectivity index (χ2n) is 7.17. The molecule has 0 radical (unpaired) electrons. The minimum absolute atomic E-state index is 0.272. The van der Waals surface area contributed by atoms with Crippen molar-refractivity contribution in [2.24, 2.45) is 5.92 Å². The van der Waals surface area contributed by atoms with Gasteiger partial charge in [-0.05, 0) is 46.5 Å². The number of amides is 1. The molecule has 1 fully saturated rings. The largest absolute Gasteiger partial charge is 0.461 e. The van der Waals surface area contributed by atoms with Gasteiger partial charge >= 0.3 is 12.1 Å². The summed E-state index contributed by atoms with van der Waals surface area (Å²) in [4.78, 5) is 25.8. The van der Waals surface area contributed by atoms with E-state index in [0.717, 1.165) is 12.8 Å². The fourth-order valence-electron chi connectivity index (χ4n) is 2.76. The van der Waals surface area contributed by atoms with Gasteiger partial charge in [-0.2, -0.15) is 5.10 Å². The molecule has 1 saturated heterocycles. The van der Waals surface area contributed by atoms with Gasteiger partial charge in [0.15, 0.2) is 5.15 Å². The molecule has 0 saturated carbocycles. The molecule has 0 atom stereocenters. The molecule has 1 aliphatic rings. The molecule has 1 amide bonds.